The van der Waals surface area contributed by atoms with Crippen LogP contribution in [-0.2, 0) is 36.8 Å². The van der Waals surface area contributed by atoms with E-state index in [1.54, 1.807) is 19.4 Å². The summed E-state index contributed by atoms with van der Waals surface area (Å²) in [6, 6.07) is 15.4. The predicted molar refractivity (Wildman–Crippen MR) is 229 cm³/mol. The maximum atomic E-state index is 15.0. The van der Waals surface area contributed by atoms with Crippen LogP contribution in [0, 0.1) is 17.8 Å². The molecular formula is C45H65N5O8S. The molecule has 3 aromatic rings. The first kappa shape index (κ1) is 47.3. The second-order valence-electron chi connectivity index (χ2n) is 16.2. The van der Waals surface area contributed by atoms with Crippen molar-refractivity contribution in [3.63, 3.8) is 0 Å². The fourth-order valence-electron chi connectivity index (χ4n) is 7.59. The van der Waals surface area contributed by atoms with E-state index in [0.717, 1.165) is 36.9 Å². The SMILES string of the molecule is CCC(C)C(NC(=O)C1CCCCN1C)C(=O)N(Cc1ccccc1)C(CC(OCOC)c1nc(C(=O)NC(Cc2ccc(OC)cc2)CC(C)C(=O)O)cs1)C(C)C. The monoisotopic (exact) mass is 835 g/mol. The van der Waals surface area contributed by atoms with E-state index in [0.29, 0.717) is 36.6 Å². The number of ether oxygens (including phenoxy) is 3. The first-order valence-corrected chi connectivity index (χ1v) is 21.7. The van der Waals surface area contributed by atoms with Crippen molar-refractivity contribution >= 4 is 35.0 Å². The Labute approximate surface area is 354 Å². The molecule has 324 valence electrons. The fourth-order valence-corrected chi connectivity index (χ4v) is 8.45. The Hall–Kier alpha value is -4.37. The van der Waals surface area contributed by atoms with Gasteiger partial charge in [0.15, 0.2) is 0 Å². The number of piperidine rings is 1. The van der Waals surface area contributed by atoms with Crippen LogP contribution in [0.25, 0.3) is 0 Å². The number of thiazole rings is 1. The molecule has 2 heterocycles. The molecule has 4 rings (SSSR count). The number of aromatic nitrogens is 1. The van der Waals surface area contributed by atoms with Crippen molar-refractivity contribution in [2.24, 2.45) is 17.8 Å². The maximum absolute atomic E-state index is 15.0. The quantitative estimate of drug-likeness (QED) is 0.0876. The Morgan fingerprint density at radius 1 is 0.966 bits per heavy atom. The summed E-state index contributed by atoms with van der Waals surface area (Å²) < 4.78 is 16.9. The van der Waals surface area contributed by atoms with Crippen LogP contribution < -0.4 is 15.4 Å². The summed E-state index contributed by atoms with van der Waals surface area (Å²) in [6.07, 6.45) is 3.81. The van der Waals surface area contributed by atoms with Gasteiger partial charge in [-0.05, 0) is 74.4 Å². The van der Waals surface area contributed by atoms with Crippen LogP contribution in [0.15, 0.2) is 60.0 Å². The molecule has 1 saturated heterocycles. The van der Waals surface area contributed by atoms with Gasteiger partial charge in [-0.2, -0.15) is 0 Å². The summed E-state index contributed by atoms with van der Waals surface area (Å²) in [5, 5.41) is 18.1. The lowest BCUT2D eigenvalue weighted by Gasteiger charge is -2.40. The van der Waals surface area contributed by atoms with Gasteiger partial charge < -0.3 is 34.9 Å². The lowest BCUT2D eigenvalue weighted by atomic mass is 9.91. The van der Waals surface area contributed by atoms with E-state index in [1.807, 2.05) is 80.4 Å². The Kier molecular flexibility index (Phi) is 18.8. The minimum absolute atomic E-state index is 0.0354. The third-order valence-corrected chi connectivity index (χ3v) is 12.3. The van der Waals surface area contributed by atoms with Crippen LogP contribution in [0.5, 0.6) is 5.75 Å². The summed E-state index contributed by atoms with van der Waals surface area (Å²) in [4.78, 5) is 63.2. The zero-order valence-electron chi connectivity index (χ0n) is 36.0. The highest BCUT2D eigenvalue weighted by atomic mass is 32.1. The van der Waals surface area contributed by atoms with Gasteiger partial charge >= 0.3 is 5.97 Å². The van der Waals surface area contributed by atoms with Crippen LogP contribution in [0.4, 0.5) is 0 Å². The van der Waals surface area contributed by atoms with E-state index in [-0.39, 0.29) is 54.6 Å². The van der Waals surface area contributed by atoms with E-state index < -0.39 is 36.0 Å². The van der Waals surface area contributed by atoms with Crippen LogP contribution >= 0.6 is 11.3 Å². The van der Waals surface area contributed by atoms with Gasteiger partial charge in [0.25, 0.3) is 5.91 Å². The van der Waals surface area contributed by atoms with Gasteiger partial charge in [-0.25, -0.2) is 4.98 Å². The number of hydrogen-bond donors (Lipinski definition) is 3. The Morgan fingerprint density at radius 2 is 1.68 bits per heavy atom. The van der Waals surface area contributed by atoms with E-state index in [1.165, 1.54) is 18.4 Å². The average molecular weight is 836 g/mol. The highest BCUT2D eigenvalue weighted by Gasteiger charge is 2.38. The van der Waals surface area contributed by atoms with E-state index in [4.69, 9.17) is 19.2 Å². The Morgan fingerprint density at radius 3 is 2.29 bits per heavy atom. The molecule has 0 saturated carbocycles. The van der Waals surface area contributed by atoms with Crippen molar-refractivity contribution in [3.05, 3.63) is 81.8 Å². The van der Waals surface area contributed by atoms with Crippen LogP contribution in [-0.4, -0.2) is 102 Å². The van der Waals surface area contributed by atoms with E-state index in [2.05, 4.69) is 29.4 Å². The zero-order valence-corrected chi connectivity index (χ0v) is 36.8. The number of nitrogens with zero attached hydrogens (tertiary/aromatic N) is 3. The number of amides is 3. The molecule has 1 aliphatic rings. The van der Waals surface area contributed by atoms with Gasteiger partial charge in [0.2, 0.25) is 11.8 Å². The second kappa shape index (κ2) is 23.4. The van der Waals surface area contributed by atoms with E-state index in [9.17, 15) is 19.5 Å². The lowest BCUT2D eigenvalue weighted by molar-refractivity contribution is -0.144. The molecule has 14 heteroatoms. The van der Waals surface area contributed by atoms with Crippen LogP contribution in [0.3, 0.4) is 0 Å². The van der Waals surface area contributed by atoms with E-state index >= 15 is 4.79 Å². The van der Waals surface area contributed by atoms with Crippen molar-refractivity contribution in [1.29, 1.82) is 0 Å². The summed E-state index contributed by atoms with van der Waals surface area (Å²) in [6.45, 7) is 10.9. The highest BCUT2D eigenvalue weighted by Crippen LogP contribution is 2.32. The summed E-state index contributed by atoms with van der Waals surface area (Å²) in [7, 11) is 5.09. The van der Waals surface area contributed by atoms with Crippen molar-refractivity contribution in [3.8, 4) is 5.75 Å². The number of likely N-dealkylation sites (tertiary alicyclic amines) is 1. The zero-order chi connectivity index (χ0) is 43.1. The average Bonchev–Trinajstić information content (AvgIpc) is 3.73. The number of hydrogen-bond acceptors (Lipinski definition) is 10. The minimum atomic E-state index is -0.942. The van der Waals surface area contributed by atoms with Crippen LogP contribution in [0.1, 0.15) is 106 Å². The number of carbonyl (C=O) groups excluding carboxylic acids is 3. The number of carboxylic acids is 1. The van der Waals surface area contributed by atoms with Gasteiger partial charge in [0.05, 0.1) is 19.1 Å². The van der Waals surface area contributed by atoms with Crippen molar-refractivity contribution in [1.82, 2.24) is 25.4 Å². The molecule has 1 aromatic heterocycles. The third kappa shape index (κ3) is 13.8. The van der Waals surface area contributed by atoms with Crippen LogP contribution in [0.2, 0.25) is 0 Å². The summed E-state index contributed by atoms with van der Waals surface area (Å²) in [5.74, 6) is -1.79. The number of aliphatic carboxylic acids is 1. The molecule has 0 bridgehead atoms. The van der Waals surface area contributed by atoms with Crippen molar-refractivity contribution in [2.45, 2.75) is 116 Å². The molecular weight excluding hydrogens is 771 g/mol. The Bertz CT molecular complexity index is 1770. The molecule has 3 N–H and O–H groups in total. The highest BCUT2D eigenvalue weighted by molar-refractivity contribution is 7.09. The molecule has 7 unspecified atom stereocenters. The predicted octanol–water partition coefficient (Wildman–Crippen LogP) is 6.72. The van der Waals surface area contributed by atoms with Gasteiger partial charge in [-0.3, -0.25) is 24.1 Å². The molecule has 0 radical (unpaired) electrons. The fraction of sp³-hybridized carbons (Fsp3) is 0.578. The molecule has 0 aliphatic carbocycles. The van der Waals surface area contributed by atoms with Crippen molar-refractivity contribution < 1.29 is 38.5 Å². The number of nitrogens with one attached hydrogen (secondary N) is 2. The first-order valence-electron chi connectivity index (χ1n) is 20.8. The largest absolute Gasteiger partial charge is 0.497 e. The number of likely N-dealkylation sites (N-methyl/N-ethyl adjacent to an activating group) is 1. The second-order valence-corrected chi connectivity index (χ2v) is 17.1. The van der Waals surface area contributed by atoms with Gasteiger partial charge in [-0.1, -0.05) is 89.9 Å². The number of benzene rings is 2. The lowest BCUT2D eigenvalue weighted by Crippen LogP contribution is -2.58. The first-order chi connectivity index (χ1) is 28.3. The minimum Gasteiger partial charge on any atom is -0.497 e. The topological polar surface area (TPSA) is 160 Å². The molecule has 2 aromatic carbocycles. The molecule has 7 atom stereocenters. The molecule has 0 spiro atoms. The van der Waals surface area contributed by atoms with Gasteiger partial charge in [0, 0.05) is 37.5 Å². The number of rotatable bonds is 23. The molecule has 1 fully saturated rings. The Balaban J connectivity index is 1.63. The third-order valence-electron chi connectivity index (χ3n) is 11.4. The van der Waals surface area contributed by atoms with Gasteiger partial charge in [-0.15, -0.1) is 11.3 Å². The maximum Gasteiger partial charge on any atom is 0.306 e. The van der Waals surface area contributed by atoms with Gasteiger partial charge in [0.1, 0.15) is 35.4 Å². The normalized spacial score (nSPS) is 17.6. The molecule has 1 aliphatic heterocycles. The number of methoxy groups -OCH3 is 2. The number of carboxylic acid groups (broad SMARTS) is 1. The standard InChI is InChI=1S/C45H65N5O8S/c1-9-30(4)40(48-42(52)37-17-13-14-22-49(37)6)44(53)50(26-33-15-11-10-12-16-33)38(29(2)3)25-39(58-28-56-7)43-47-36(27-59-43)41(51)46-34(23-31(5)45(54)55)24-32-18-20-35(57-8)21-19-32/h10-12,15-16,18-21,27,29-31,34,37-40H,9,13-14,17,22-26,28H2,1-8H3,(H,46,51)(H,48,52)(H,54,55). The van der Waals surface area contributed by atoms with Crippen molar-refractivity contribution in [2.75, 3.05) is 34.6 Å². The smallest absolute Gasteiger partial charge is 0.306 e. The summed E-state index contributed by atoms with van der Waals surface area (Å²) >= 11 is 1.28. The summed E-state index contributed by atoms with van der Waals surface area (Å²) in [5.41, 5.74) is 2.06. The molecule has 3 amide bonds. The molecule has 13 nitrogen and oxygen atoms in total. The number of carbonyl (C=O) groups is 4. The molecule has 59 heavy (non-hydrogen) atoms.